The van der Waals surface area contributed by atoms with Gasteiger partial charge in [-0.25, -0.2) is 26.3 Å². The van der Waals surface area contributed by atoms with E-state index < -0.39 is 38.4 Å². The lowest BCUT2D eigenvalue weighted by Gasteiger charge is -2.16. The van der Waals surface area contributed by atoms with Crippen molar-refractivity contribution in [1.29, 1.82) is 0 Å². The van der Waals surface area contributed by atoms with E-state index in [-0.39, 0.29) is 0 Å². The van der Waals surface area contributed by atoms with Crippen LogP contribution in [0, 0.1) is 17.5 Å². The molecule has 1 N–H and O–H groups in total. The summed E-state index contributed by atoms with van der Waals surface area (Å²) in [5.74, 6) is -5.00. The first-order chi connectivity index (χ1) is 11.8. The van der Waals surface area contributed by atoms with Crippen LogP contribution in [0.2, 0.25) is 0 Å². The summed E-state index contributed by atoms with van der Waals surface area (Å²) in [4.78, 5) is -0.931. The predicted octanol–water partition coefficient (Wildman–Crippen LogP) is 4.30. The smallest absolute Gasteiger partial charge is 0.207 e. The van der Waals surface area contributed by atoms with Crippen LogP contribution in [0.5, 0.6) is 0 Å². The van der Waals surface area contributed by atoms with E-state index >= 15 is 0 Å². The van der Waals surface area contributed by atoms with Crippen LogP contribution in [-0.2, 0) is 10.0 Å². The zero-order chi connectivity index (χ0) is 18.2. The van der Waals surface area contributed by atoms with Gasteiger partial charge < -0.3 is 0 Å². The van der Waals surface area contributed by atoms with E-state index in [0.29, 0.717) is 17.7 Å². The molecule has 0 unspecified atom stereocenters. The highest BCUT2D eigenvalue weighted by atomic mass is 32.2. The Morgan fingerprint density at radius 3 is 2.28 bits per heavy atom. The third-order valence-electron chi connectivity index (χ3n) is 3.89. The molecule has 0 heterocycles. The molecule has 0 aliphatic heterocycles. The Morgan fingerprint density at radius 1 is 0.880 bits per heavy atom. The molecule has 3 nitrogen and oxygen atoms in total. The van der Waals surface area contributed by atoms with E-state index in [1.54, 1.807) is 13.0 Å². The highest BCUT2D eigenvalue weighted by molar-refractivity contribution is 7.89. The number of benzene rings is 3. The third-order valence-corrected chi connectivity index (χ3v) is 5.45. The molecule has 0 saturated heterocycles. The van der Waals surface area contributed by atoms with E-state index in [9.17, 15) is 21.6 Å². The van der Waals surface area contributed by atoms with Gasteiger partial charge in [-0.15, -0.1) is 0 Å². The van der Waals surface area contributed by atoms with Crippen LogP contribution in [0.1, 0.15) is 18.5 Å². The van der Waals surface area contributed by atoms with Crippen molar-refractivity contribution < 1.29 is 21.6 Å². The van der Waals surface area contributed by atoms with Crippen LogP contribution in [0.15, 0.2) is 59.5 Å². The molecular weight excluding hydrogens is 351 g/mol. The van der Waals surface area contributed by atoms with E-state index in [1.165, 1.54) is 0 Å². The molecule has 0 aliphatic carbocycles. The van der Waals surface area contributed by atoms with Crippen LogP contribution in [0.3, 0.4) is 0 Å². The molecule has 0 saturated carbocycles. The molecule has 25 heavy (non-hydrogen) atoms. The van der Waals surface area contributed by atoms with Crippen molar-refractivity contribution in [2.45, 2.75) is 17.9 Å². The first kappa shape index (κ1) is 17.4. The average Bonchev–Trinajstić information content (AvgIpc) is 2.58. The van der Waals surface area contributed by atoms with Crippen molar-refractivity contribution in [2.75, 3.05) is 0 Å². The summed E-state index contributed by atoms with van der Waals surface area (Å²) < 4.78 is 67.0. The average molecular weight is 365 g/mol. The number of sulfonamides is 1. The molecule has 3 aromatic rings. The molecule has 0 bridgehead atoms. The van der Waals surface area contributed by atoms with Gasteiger partial charge in [-0.2, -0.15) is 0 Å². The van der Waals surface area contributed by atoms with Crippen LogP contribution < -0.4 is 4.72 Å². The van der Waals surface area contributed by atoms with E-state index in [0.717, 1.165) is 10.8 Å². The number of rotatable bonds is 4. The summed E-state index contributed by atoms with van der Waals surface area (Å²) in [6.07, 6.45) is 0. The summed E-state index contributed by atoms with van der Waals surface area (Å²) in [5, 5.41) is 1.91. The Labute approximate surface area is 143 Å². The van der Waals surface area contributed by atoms with E-state index in [4.69, 9.17) is 0 Å². The summed E-state index contributed by atoms with van der Waals surface area (Å²) in [7, 11) is -4.36. The minimum Gasteiger partial charge on any atom is -0.207 e. The van der Waals surface area contributed by atoms with Gasteiger partial charge in [0.25, 0.3) is 0 Å². The summed E-state index contributed by atoms with van der Waals surface area (Å²) in [6, 6.07) is 13.5. The number of fused-ring (bicyclic) bond motifs is 1. The van der Waals surface area contributed by atoms with Crippen LogP contribution in [0.25, 0.3) is 10.8 Å². The predicted molar refractivity (Wildman–Crippen MR) is 89.0 cm³/mol. The highest BCUT2D eigenvalue weighted by Crippen LogP contribution is 2.24. The molecule has 1 atom stereocenters. The SMILES string of the molecule is C[C@@H](NS(=O)(=O)c1ccc(F)c(F)c1F)c1ccc2ccccc2c1. The quantitative estimate of drug-likeness (QED) is 0.701. The lowest BCUT2D eigenvalue weighted by Crippen LogP contribution is -2.28. The zero-order valence-electron chi connectivity index (χ0n) is 13.1. The van der Waals surface area contributed by atoms with Gasteiger partial charge in [-0.3, -0.25) is 0 Å². The van der Waals surface area contributed by atoms with Gasteiger partial charge in [0.1, 0.15) is 4.90 Å². The maximum absolute atomic E-state index is 13.8. The van der Waals surface area contributed by atoms with Crippen molar-refractivity contribution in [1.82, 2.24) is 4.72 Å². The number of hydrogen-bond donors (Lipinski definition) is 1. The Balaban J connectivity index is 1.93. The van der Waals surface area contributed by atoms with Gasteiger partial charge in [0.15, 0.2) is 17.5 Å². The Bertz CT molecular complexity index is 1050. The first-order valence-corrected chi connectivity index (χ1v) is 8.92. The standard InChI is InChI=1S/C18H14F3NO2S/c1-11(13-7-6-12-4-2-3-5-14(12)10-13)22-25(23,24)16-9-8-15(19)17(20)18(16)21/h2-11,22H,1H3/t11-/m1/s1. The molecule has 0 aliphatic rings. The lowest BCUT2D eigenvalue weighted by molar-refractivity contribution is 0.431. The molecule has 130 valence electrons. The molecule has 0 fully saturated rings. The van der Waals surface area contributed by atoms with Crippen LogP contribution >= 0.6 is 0 Å². The van der Waals surface area contributed by atoms with Crippen LogP contribution in [-0.4, -0.2) is 8.42 Å². The largest absolute Gasteiger partial charge is 0.244 e. The highest BCUT2D eigenvalue weighted by Gasteiger charge is 2.25. The summed E-state index contributed by atoms with van der Waals surface area (Å²) in [6.45, 7) is 1.58. The first-order valence-electron chi connectivity index (χ1n) is 7.44. The van der Waals surface area contributed by atoms with E-state index in [1.807, 2.05) is 36.4 Å². The fourth-order valence-electron chi connectivity index (χ4n) is 2.56. The van der Waals surface area contributed by atoms with Gasteiger partial charge in [0.2, 0.25) is 10.0 Å². The fraction of sp³-hybridized carbons (Fsp3) is 0.111. The number of halogens is 3. The van der Waals surface area contributed by atoms with Crippen molar-refractivity contribution in [2.24, 2.45) is 0 Å². The summed E-state index contributed by atoms with van der Waals surface area (Å²) in [5.41, 5.74) is 0.658. The van der Waals surface area contributed by atoms with Gasteiger partial charge in [-0.1, -0.05) is 36.4 Å². The Hall–Kier alpha value is -2.38. The van der Waals surface area contributed by atoms with Gasteiger partial charge in [0.05, 0.1) is 0 Å². The van der Waals surface area contributed by atoms with Crippen molar-refractivity contribution in [3.8, 4) is 0 Å². The monoisotopic (exact) mass is 365 g/mol. The lowest BCUT2D eigenvalue weighted by atomic mass is 10.0. The topological polar surface area (TPSA) is 46.2 Å². The maximum atomic E-state index is 13.8. The van der Waals surface area contributed by atoms with Crippen molar-refractivity contribution in [3.05, 3.63) is 77.6 Å². The maximum Gasteiger partial charge on any atom is 0.244 e. The number of nitrogens with one attached hydrogen (secondary N) is 1. The molecule has 3 aromatic carbocycles. The second-order valence-electron chi connectivity index (χ2n) is 5.62. The van der Waals surface area contributed by atoms with Gasteiger partial charge in [0, 0.05) is 6.04 Å². The normalized spacial score (nSPS) is 13.1. The molecular formula is C18H14F3NO2S. The minimum absolute atomic E-state index is 0.577. The molecule has 0 radical (unpaired) electrons. The van der Waals surface area contributed by atoms with Crippen molar-refractivity contribution >= 4 is 20.8 Å². The zero-order valence-corrected chi connectivity index (χ0v) is 13.9. The second kappa shape index (κ2) is 6.50. The van der Waals surface area contributed by atoms with Crippen molar-refractivity contribution in [3.63, 3.8) is 0 Å². The van der Waals surface area contributed by atoms with E-state index in [2.05, 4.69) is 4.72 Å². The molecule has 0 aromatic heterocycles. The summed E-state index contributed by atoms with van der Waals surface area (Å²) >= 11 is 0. The number of hydrogen-bond acceptors (Lipinski definition) is 2. The molecule has 0 amide bonds. The molecule has 0 spiro atoms. The Kier molecular flexibility index (Phi) is 4.53. The minimum atomic E-state index is -4.36. The molecule has 3 rings (SSSR count). The fourth-order valence-corrected chi connectivity index (χ4v) is 3.86. The van der Waals surface area contributed by atoms with Gasteiger partial charge >= 0.3 is 0 Å². The Morgan fingerprint density at radius 2 is 1.56 bits per heavy atom. The van der Waals surface area contributed by atoms with Crippen LogP contribution in [0.4, 0.5) is 13.2 Å². The van der Waals surface area contributed by atoms with Gasteiger partial charge in [-0.05, 0) is 41.5 Å². The third kappa shape index (κ3) is 3.38. The molecule has 7 heteroatoms. The second-order valence-corrected chi connectivity index (χ2v) is 7.31.